The Morgan fingerprint density at radius 1 is 1.00 bits per heavy atom. The van der Waals surface area contributed by atoms with E-state index in [-0.39, 0.29) is 12.0 Å². The Bertz CT molecular complexity index is 733. The summed E-state index contributed by atoms with van der Waals surface area (Å²) in [5, 5.41) is 2.96. The van der Waals surface area contributed by atoms with Gasteiger partial charge in [0.25, 0.3) is 5.91 Å². The zero-order valence-electron chi connectivity index (χ0n) is 16.4. The minimum atomic E-state index is -0.115. The van der Waals surface area contributed by atoms with Crippen molar-refractivity contribution in [2.75, 3.05) is 42.9 Å². The molecular weight excluding hydrogens is 338 g/mol. The van der Waals surface area contributed by atoms with E-state index in [4.69, 9.17) is 4.74 Å². The number of likely N-dealkylation sites (N-methyl/N-ethyl adjacent to an activating group) is 1. The molecule has 0 spiro atoms. The smallest absolute Gasteiger partial charge is 0.255 e. The van der Waals surface area contributed by atoms with Crippen molar-refractivity contribution in [2.45, 2.75) is 26.9 Å². The van der Waals surface area contributed by atoms with Gasteiger partial charge >= 0.3 is 0 Å². The third-order valence-corrected chi connectivity index (χ3v) is 4.80. The SMILES string of the molecule is CCN1CCN(c2ccc(NC(=O)c3ccc(OC(C)C)cc3)cc2)CC1. The molecule has 2 aromatic rings. The van der Waals surface area contributed by atoms with Gasteiger partial charge in [-0.15, -0.1) is 0 Å². The summed E-state index contributed by atoms with van der Waals surface area (Å²) in [6.45, 7) is 11.6. The number of nitrogens with one attached hydrogen (secondary N) is 1. The summed E-state index contributed by atoms with van der Waals surface area (Å²) in [6.07, 6.45) is 0.119. The molecule has 5 nitrogen and oxygen atoms in total. The van der Waals surface area contributed by atoms with Gasteiger partial charge in [0.05, 0.1) is 6.10 Å². The summed E-state index contributed by atoms with van der Waals surface area (Å²) >= 11 is 0. The second-order valence-corrected chi connectivity index (χ2v) is 7.11. The number of carbonyl (C=O) groups is 1. The fraction of sp³-hybridized carbons (Fsp3) is 0.409. The first-order valence-electron chi connectivity index (χ1n) is 9.70. The van der Waals surface area contributed by atoms with Gasteiger partial charge in [-0.2, -0.15) is 0 Å². The third kappa shape index (κ3) is 5.23. The number of hydrogen-bond donors (Lipinski definition) is 1. The second kappa shape index (κ2) is 8.91. The van der Waals surface area contributed by atoms with Gasteiger partial charge in [-0.3, -0.25) is 4.79 Å². The van der Waals surface area contributed by atoms with Crippen LogP contribution >= 0.6 is 0 Å². The Labute approximate surface area is 161 Å². The average Bonchev–Trinajstić information content (AvgIpc) is 2.69. The Hall–Kier alpha value is -2.53. The molecule has 0 atom stereocenters. The molecular formula is C22H29N3O2. The largest absolute Gasteiger partial charge is 0.491 e. The van der Waals surface area contributed by atoms with Gasteiger partial charge in [0, 0.05) is 43.1 Å². The predicted octanol–water partition coefficient (Wildman–Crippen LogP) is 3.87. The van der Waals surface area contributed by atoms with Crippen molar-refractivity contribution >= 4 is 17.3 Å². The molecule has 3 rings (SSSR count). The lowest BCUT2D eigenvalue weighted by molar-refractivity contribution is 0.102. The van der Waals surface area contributed by atoms with E-state index in [9.17, 15) is 4.79 Å². The van der Waals surface area contributed by atoms with Gasteiger partial charge in [0.1, 0.15) is 5.75 Å². The monoisotopic (exact) mass is 367 g/mol. The quantitative estimate of drug-likeness (QED) is 0.842. The summed E-state index contributed by atoms with van der Waals surface area (Å²) in [5.74, 6) is 0.657. The van der Waals surface area contributed by atoms with E-state index in [1.165, 1.54) is 5.69 Å². The molecule has 0 bridgehead atoms. The molecule has 0 aromatic heterocycles. The summed E-state index contributed by atoms with van der Waals surface area (Å²) in [4.78, 5) is 17.3. The standard InChI is InChI=1S/C22H29N3O2/c1-4-24-13-15-25(16-14-24)20-9-7-19(8-10-20)23-22(26)18-5-11-21(12-6-18)27-17(2)3/h5-12,17H,4,13-16H2,1-3H3,(H,23,26). The number of hydrogen-bond acceptors (Lipinski definition) is 4. The number of nitrogens with zero attached hydrogens (tertiary/aromatic N) is 2. The molecule has 1 aliphatic heterocycles. The topological polar surface area (TPSA) is 44.8 Å². The Kier molecular flexibility index (Phi) is 6.35. The van der Waals surface area contributed by atoms with Crippen LogP contribution in [-0.2, 0) is 0 Å². The van der Waals surface area contributed by atoms with E-state index in [2.05, 4.69) is 34.2 Å². The Morgan fingerprint density at radius 3 is 2.19 bits per heavy atom. The fourth-order valence-electron chi connectivity index (χ4n) is 3.24. The van der Waals surface area contributed by atoms with Gasteiger partial charge in [0.2, 0.25) is 0 Å². The second-order valence-electron chi connectivity index (χ2n) is 7.11. The number of carbonyl (C=O) groups excluding carboxylic acids is 1. The van der Waals surface area contributed by atoms with Gasteiger partial charge in [-0.1, -0.05) is 6.92 Å². The Morgan fingerprint density at radius 2 is 1.63 bits per heavy atom. The molecule has 1 fully saturated rings. The molecule has 1 saturated heterocycles. The summed E-state index contributed by atoms with van der Waals surface area (Å²) in [5.41, 5.74) is 2.63. The highest BCUT2D eigenvalue weighted by Crippen LogP contribution is 2.20. The number of amides is 1. The summed E-state index contributed by atoms with van der Waals surface area (Å²) < 4.78 is 5.61. The highest BCUT2D eigenvalue weighted by molar-refractivity contribution is 6.04. The van der Waals surface area contributed by atoms with Crippen LogP contribution in [0, 0.1) is 0 Å². The van der Waals surface area contributed by atoms with Crippen LogP contribution in [0.2, 0.25) is 0 Å². The van der Waals surface area contributed by atoms with Gasteiger partial charge in [-0.05, 0) is 68.9 Å². The van der Waals surface area contributed by atoms with Crippen LogP contribution in [0.25, 0.3) is 0 Å². The molecule has 0 aliphatic carbocycles. The Balaban J connectivity index is 1.57. The number of piperazine rings is 1. The normalized spacial score (nSPS) is 15.0. The first kappa shape index (κ1) is 19.2. The number of benzene rings is 2. The zero-order chi connectivity index (χ0) is 19.2. The maximum atomic E-state index is 12.4. The summed E-state index contributed by atoms with van der Waals surface area (Å²) in [7, 11) is 0. The van der Waals surface area contributed by atoms with Crippen molar-refractivity contribution in [2.24, 2.45) is 0 Å². The van der Waals surface area contributed by atoms with E-state index in [0.717, 1.165) is 44.2 Å². The number of ether oxygens (including phenoxy) is 1. The van der Waals surface area contributed by atoms with Crippen molar-refractivity contribution in [3.63, 3.8) is 0 Å². The van der Waals surface area contributed by atoms with Crippen LogP contribution in [0.5, 0.6) is 5.75 Å². The molecule has 0 unspecified atom stereocenters. The molecule has 1 amide bonds. The molecule has 144 valence electrons. The number of anilines is 2. The first-order valence-corrected chi connectivity index (χ1v) is 9.70. The maximum Gasteiger partial charge on any atom is 0.255 e. The highest BCUT2D eigenvalue weighted by atomic mass is 16.5. The average molecular weight is 367 g/mol. The molecule has 1 heterocycles. The molecule has 1 N–H and O–H groups in total. The lowest BCUT2D eigenvalue weighted by atomic mass is 10.2. The van der Waals surface area contributed by atoms with Crippen LogP contribution in [0.3, 0.4) is 0 Å². The van der Waals surface area contributed by atoms with E-state index in [1.54, 1.807) is 12.1 Å². The minimum Gasteiger partial charge on any atom is -0.491 e. The third-order valence-electron chi connectivity index (χ3n) is 4.80. The van der Waals surface area contributed by atoms with Crippen molar-refractivity contribution in [3.05, 3.63) is 54.1 Å². The zero-order valence-corrected chi connectivity index (χ0v) is 16.4. The lowest BCUT2D eigenvalue weighted by Gasteiger charge is -2.35. The van der Waals surface area contributed by atoms with E-state index < -0.39 is 0 Å². The van der Waals surface area contributed by atoms with Crippen LogP contribution in [-0.4, -0.2) is 49.6 Å². The van der Waals surface area contributed by atoms with E-state index in [1.807, 2.05) is 38.1 Å². The molecule has 2 aromatic carbocycles. The van der Waals surface area contributed by atoms with Crippen LogP contribution in [0.4, 0.5) is 11.4 Å². The first-order chi connectivity index (χ1) is 13.0. The van der Waals surface area contributed by atoms with Crippen LogP contribution < -0.4 is 15.0 Å². The van der Waals surface area contributed by atoms with Crippen molar-refractivity contribution < 1.29 is 9.53 Å². The van der Waals surface area contributed by atoms with Gasteiger partial charge in [0.15, 0.2) is 0 Å². The van der Waals surface area contributed by atoms with Crippen LogP contribution in [0.15, 0.2) is 48.5 Å². The lowest BCUT2D eigenvalue weighted by Crippen LogP contribution is -2.46. The van der Waals surface area contributed by atoms with E-state index >= 15 is 0 Å². The maximum absolute atomic E-state index is 12.4. The van der Waals surface area contributed by atoms with Gasteiger partial charge in [-0.25, -0.2) is 0 Å². The predicted molar refractivity (Wildman–Crippen MR) is 111 cm³/mol. The van der Waals surface area contributed by atoms with Crippen molar-refractivity contribution in [3.8, 4) is 5.75 Å². The molecule has 0 saturated carbocycles. The highest BCUT2D eigenvalue weighted by Gasteiger charge is 2.15. The number of rotatable bonds is 6. The van der Waals surface area contributed by atoms with Crippen molar-refractivity contribution in [1.29, 1.82) is 0 Å². The summed E-state index contributed by atoms with van der Waals surface area (Å²) in [6, 6.07) is 15.3. The van der Waals surface area contributed by atoms with Crippen LogP contribution in [0.1, 0.15) is 31.1 Å². The molecule has 0 radical (unpaired) electrons. The van der Waals surface area contributed by atoms with Crippen molar-refractivity contribution in [1.82, 2.24) is 4.90 Å². The van der Waals surface area contributed by atoms with Gasteiger partial charge < -0.3 is 19.9 Å². The molecule has 1 aliphatic rings. The fourth-order valence-corrected chi connectivity index (χ4v) is 3.24. The molecule has 5 heteroatoms. The molecule has 27 heavy (non-hydrogen) atoms. The minimum absolute atomic E-state index is 0.115. The van der Waals surface area contributed by atoms with E-state index in [0.29, 0.717) is 5.56 Å².